The molecule has 0 fully saturated rings. The van der Waals surface area contributed by atoms with Gasteiger partial charge in [0, 0.05) is 22.1 Å². The molecule has 0 saturated carbocycles. The Morgan fingerprint density at radius 3 is 1.43 bits per heavy atom. The summed E-state index contributed by atoms with van der Waals surface area (Å²) in [5.41, 5.74) is 2.02. The molecule has 0 spiro atoms. The maximum atomic E-state index is 13.8. The summed E-state index contributed by atoms with van der Waals surface area (Å²) in [6.07, 6.45) is 2.21. The summed E-state index contributed by atoms with van der Waals surface area (Å²) in [5.74, 6) is 0.261. The largest absolute Gasteiger partial charge is 0.279 e. The van der Waals surface area contributed by atoms with E-state index in [4.69, 9.17) is 0 Å². The highest BCUT2D eigenvalue weighted by atomic mass is 79.9. The van der Waals surface area contributed by atoms with Crippen LogP contribution >= 0.6 is 23.2 Å². The molecule has 0 atom stereocenters. The number of hydrogen-bond acceptors (Lipinski definition) is 4. The molecule has 0 amide bonds. The molecular formula is C42H38BrN3O4PS2+. The van der Waals surface area contributed by atoms with Gasteiger partial charge < -0.3 is 0 Å². The van der Waals surface area contributed by atoms with Crippen LogP contribution in [-0.4, -0.2) is 35.2 Å². The van der Waals surface area contributed by atoms with Gasteiger partial charge in [0.1, 0.15) is 29.0 Å². The van der Waals surface area contributed by atoms with Gasteiger partial charge in [-0.15, -0.1) is 4.40 Å². The van der Waals surface area contributed by atoms with Crippen molar-refractivity contribution in [3.8, 4) is 0 Å². The highest BCUT2D eigenvalue weighted by molar-refractivity contribution is 9.10. The average Bonchev–Trinajstić information content (AvgIpc) is 3.15. The van der Waals surface area contributed by atoms with E-state index in [1.165, 1.54) is 0 Å². The van der Waals surface area contributed by atoms with Gasteiger partial charge in [0.2, 0.25) is 10.0 Å². The standard InChI is InChI=1S/C42H38BrN3O4PS2/c1-52(47,48)44-40(32-33-18-8-3-9-19-33)46(36-30-28-35(43)29-31-36)42(45-53(2,49)50)41(34-20-10-4-11-21-34)51(37-22-12-5-13-23-37,38-24-14-6-15-25-38)39-26-16-7-17-27-39/h3-31,45H,32H2,1-2H3/q+1/b42-41+,44-40+. The minimum Gasteiger partial charge on any atom is -0.279 e. The highest BCUT2D eigenvalue weighted by Gasteiger charge is 2.53. The van der Waals surface area contributed by atoms with E-state index in [1.54, 1.807) is 4.90 Å². The lowest BCUT2D eigenvalue weighted by atomic mass is 10.1. The summed E-state index contributed by atoms with van der Waals surface area (Å²) < 4.78 is 62.3. The van der Waals surface area contributed by atoms with Gasteiger partial charge >= 0.3 is 0 Å². The topological polar surface area (TPSA) is 95.9 Å². The zero-order valence-corrected chi connectivity index (χ0v) is 33.2. The molecule has 0 radical (unpaired) electrons. The van der Waals surface area contributed by atoms with E-state index in [0.29, 0.717) is 11.0 Å². The molecule has 0 heterocycles. The van der Waals surface area contributed by atoms with E-state index in [0.717, 1.165) is 44.0 Å². The first-order valence-corrected chi connectivity index (χ1v) is 23.0. The van der Waals surface area contributed by atoms with Crippen molar-refractivity contribution in [2.45, 2.75) is 6.42 Å². The van der Waals surface area contributed by atoms with Crippen LogP contribution in [-0.2, 0) is 26.5 Å². The van der Waals surface area contributed by atoms with Gasteiger partial charge in [-0.3, -0.25) is 9.62 Å². The van der Waals surface area contributed by atoms with Crippen molar-refractivity contribution in [1.29, 1.82) is 0 Å². The number of benzene rings is 6. The Balaban J connectivity index is 1.91. The number of nitrogens with one attached hydrogen (secondary N) is 1. The summed E-state index contributed by atoms with van der Waals surface area (Å²) >= 11 is 3.55. The van der Waals surface area contributed by atoms with Crippen LogP contribution in [0.15, 0.2) is 191 Å². The monoisotopic (exact) mass is 822 g/mol. The Kier molecular flexibility index (Phi) is 11.7. The first kappa shape index (κ1) is 37.9. The molecule has 0 aliphatic carbocycles. The first-order valence-electron chi connectivity index (χ1n) is 16.7. The van der Waals surface area contributed by atoms with Crippen LogP contribution in [0.3, 0.4) is 0 Å². The number of halogens is 1. The fraction of sp³-hybridized carbons (Fsp3) is 0.0714. The van der Waals surface area contributed by atoms with E-state index in [-0.39, 0.29) is 18.1 Å². The third-order valence-corrected chi connectivity index (χ3v) is 14.4. The second-order valence-electron chi connectivity index (χ2n) is 12.3. The van der Waals surface area contributed by atoms with Crippen LogP contribution in [0.4, 0.5) is 5.69 Å². The molecule has 0 saturated heterocycles. The van der Waals surface area contributed by atoms with Gasteiger partial charge in [-0.05, 0) is 66.2 Å². The Morgan fingerprint density at radius 2 is 1.02 bits per heavy atom. The predicted octanol–water partition coefficient (Wildman–Crippen LogP) is 7.73. The van der Waals surface area contributed by atoms with Crippen molar-refractivity contribution in [1.82, 2.24) is 4.72 Å². The van der Waals surface area contributed by atoms with Gasteiger partial charge in [-0.2, -0.15) is 0 Å². The van der Waals surface area contributed by atoms with Crippen molar-refractivity contribution < 1.29 is 16.8 Å². The second-order valence-corrected chi connectivity index (χ2v) is 20.0. The normalized spacial score (nSPS) is 12.8. The number of anilines is 1. The second kappa shape index (κ2) is 16.4. The van der Waals surface area contributed by atoms with Crippen molar-refractivity contribution >= 4 is 76.0 Å². The van der Waals surface area contributed by atoms with Crippen LogP contribution in [0.5, 0.6) is 0 Å². The fourth-order valence-corrected chi connectivity index (χ4v) is 12.3. The maximum absolute atomic E-state index is 13.8. The molecular weight excluding hydrogens is 785 g/mol. The lowest BCUT2D eigenvalue weighted by Crippen LogP contribution is -2.43. The van der Waals surface area contributed by atoms with Gasteiger partial charge in [-0.1, -0.05) is 131 Å². The lowest BCUT2D eigenvalue weighted by molar-refractivity contribution is 0.594. The van der Waals surface area contributed by atoms with Crippen LogP contribution in [0.2, 0.25) is 0 Å². The Hall–Kier alpha value is -4.86. The van der Waals surface area contributed by atoms with Crippen molar-refractivity contribution in [3.63, 3.8) is 0 Å². The van der Waals surface area contributed by atoms with Crippen LogP contribution in [0.25, 0.3) is 5.31 Å². The van der Waals surface area contributed by atoms with E-state index >= 15 is 0 Å². The molecule has 0 unspecified atom stereocenters. The van der Waals surface area contributed by atoms with Crippen LogP contribution in [0, 0.1) is 0 Å². The maximum Gasteiger partial charge on any atom is 0.251 e. The molecule has 6 aromatic rings. The quantitative estimate of drug-likeness (QED) is 0.0775. The first-order chi connectivity index (χ1) is 25.5. The van der Waals surface area contributed by atoms with Gasteiger partial charge in [0.15, 0.2) is 11.1 Å². The van der Waals surface area contributed by atoms with Crippen molar-refractivity contribution in [3.05, 3.63) is 197 Å². The Bertz CT molecular complexity index is 2340. The number of amidine groups is 1. The van der Waals surface area contributed by atoms with Crippen molar-refractivity contribution in [2.24, 2.45) is 4.40 Å². The van der Waals surface area contributed by atoms with E-state index in [2.05, 4.69) is 61.4 Å². The molecule has 268 valence electrons. The van der Waals surface area contributed by atoms with E-state index < -0.39 is 27.3 Å². The zero-order chi connectivity index (χ0) is 37.5. The van der Waals surface area contributed by atoms with Gasteiger partial charge in [0.25, 0.3) is 10.0 Å². The summed E-state index contributed by atoms with van der Waals surface area (Å²) in [6, 6.07) is 56.6. The SMILES string of the molecule is CS(=O)(=O)/N=C(\Cc1ccccc1)N(/C(NS(C)(=O)=O)=C(\c1ccccc1)[P+](c1ccccc1)(c1ccccc1)c1ccccc1)c1ccc(Br)cc1. The number of rotatable bonds is 12. The third-order valence-electron chi connectivity index (χ3n) is 8.36. The summed E-state index contributed by atoms with van der Waals surface area (Å²) in [5, 5.41) is 3.54. The van der Waals surface area contributed by atoms with E-state index in [9.17, 15) is 16.8 Å². The Labute approximate surface area is 321 Å². The minimum atomic E-state index is -4.04. The third kappa shape index (κ3) is 9.03. The Morgan fingerprint density at radius 1 is 0.604 bits per heavy atom. The molecule has 11 heteroatoms. The molecule has 6 rings (SSSR count). The average molecular weight is 824 g/mol. The molecule has 7 nitrogen and oxygen atoms in total. The molecule has 1 N–H and O–H groups in total. The number of nitrogens with zero attached hydrogens (tertiary/aromatic N) is 2. The number of hydrogen-bond donors (Lipinski definition) is 1. The van der Waals surface area contributed by atoms with E-state index in [1.807, 2.05) is 140 Å². The molecule has 0 bridgehead atoms. The smallest absolute Gasteiger partial charge is 0.251 e. The van der Waals surface area contributed by atoms with Crippen LogP contribution in [0.1, 0.15) is 11.1 Å². The highest BCUT2D eigenvalue weighted by Crippen LogP contribution is 2.67. The van der Waals surface area contributed by atoms with Crippen LogP contribution < -0.4 is 25.5 Å². The van der Waals surface area contributed by atoms with Gasteiger partial charge in [-0.25, -0.2) is 16.8 Å². The summed E-state index contributed by atoms with van der Waals surface area (Å²) in [7, 11) is -11.1. The minimum absolute atomic E-state index is 0.0639. The zero-order valence-electron chi connectivity index (χ0n) is 29.1. The molecule has 53 heavy (non-hydrogen) atoms. The van der Waals surface area contributed by atoms with Gasteiger partial charge in [0.05, 0.1) is 12.5 Å². The molecule has 0 aromatic heterocycles. The predicted molar refractivity (Wildman–Crippen MR) is 226 cm³/mol. The molecule has 0 aliphatic rings. The fourth-order valence-electron chi connectivity index (χ4n) is 6.37. The van der Waals surface area contributed by atoms with Crippen molar-refractivity contribution in [2.75, 3.05) is 17.4 Å². The lowest BCUT2D eigenvalue weighted by Gasteiger charge is -2.35. The summed E-state index contributed by atoms with van der Waals surface area (Å²) in [4.78, 5) is 1.66. The number of sulfonamides is 2. The molecule has 6 aromatic carbocycles. The summed E-state index contributed by atoms with van der Waals surface area (Å²) in [6.45, 7) is 0. The molecule has 0 aliphatic heterocycles.